The van der Waals surface area contributed by atoms with Crippen molar-refractivity contribution in [1.29, 1.82) is 0 Å². The molecular formula is C14H20N2O4. The number of hydrogen-bond donors (Lipinski definition) is 0. The fourth-order valence-corrected chi connectivity index (χ4v) is 2.80. The smallest absolute Gasteiger partial charge is 0.234 e. The Kier molecular flexibility index (Phi) is 5.05. The number of hydrogen-bond acceptors (Lipinski definition) is 5. The lowest BCUT2D eigenvalue weighted by Gasteiger charge is -2.21. The average molecular weight is 280 g/mol. The van der Waals surface area contributed by atoms with Crippen LogP contribution in [0.3, 0.4) is 0 Å². The van der Waals surface area contributed by atoms with Crippen molar-refractivity contribution in [3.05, 3.63) is 46.0 Å². The molecule has 0 aliphatic carbocycles. The van der Waals surface area contributed by atoms with Gasteiger partial charge in [-0.25, -0.2) is 0 Å². The van der Waals surface area contributed by atoms with Crippen LogP contribution in [0.25, 0.3) is 0 Å². The van der Waals surface area contributed by atoms with E-state index in [2.05, 4.69) is 4.90 Å². The van der Waals surface area contributed by atoms with Crippen molar-refractivity contribution in [2.24, 2.45) is 5.92 Å². The third-order valence-corrected chi connectivity index (χ3v) is 3.74. The summed E-state index contributed by atoms with van der Waals surface area (Å²) in [4.78, 5) is 13.1. The fourth-order valence-electron chi connectivity index (χ4n) is 2.80. The molecule has 0 saturated carbocycles. The monoisotopic (exact) mass is 280 g/mol. The number of ether oxygens (including phenoxy) is 2. The number of rotatable bonds is 6. The Hall–Kier alpha value is -1.50. The maximum atomic E-state index is 11.2. The van der Waals surface area contributed by atoms with E-state index in [0.29, 0.717) is 19.6 Å². The second-order valence-corrected chi connectivity index (χ2v) is 5.04. The quantitative estimate of drug-likeness (QED) is 0.447. The Morgan fingerprint density at radius 2 is 1.95 bits per heavy atom. The molecule has 6 heteroatoms. The fraction of sp³-hybridized carbons (Fsp3) is 0.571. The molecule has 1 fully saturated rings. The molecule has 0 bridgehead atoms. The average Bonchev–Trinajstić information content (AvgIpc) is 2.85. The van der Waals surface area contributed by atoms with Crippen LogP contribution in [0.1, 0.15) is 5.56 Å². The molecule has 0 spiro atoms. The molecule has 1 aliphatic heterocycles. The van der Waals surface area contributed by atoms with Gasteiger partial charge in [-0.1, -0.05) is 30.3 Å². The van der Waals surface area contributed by atoms with E-state index >= 15 is 0 Å². The van der Waals surface area contributed by atoms with Gasteiger partial charge in [-0.2, -0.15) is 0 Å². The molecule has 0 aromatic heterocycles. The van der Waals surface area contributed by atoms with Gasteiger partial charge in [-0.15, -0.1) is 0 Å². The maximum Gasteiger partial charge on any atom is 0.234 e. The summed E-state index contributed by atoms with van der Waals surface area (Å²) < 4.78 is 10.4. The van der Waals surface area contributed by atoms with Crippen LogP contribution in [-0.2, 0) is 16.0 Å². The Labute approximate surface area is 118 Å². The lowest BCUT2D eigenvalue weighted by Crippen LogP contribution is -2.37. The first-order chi connectivity index (χ1) is 9.65. The van der Waals surface area contributed by atoms with Crippen LogP contribution in [0.15, 0.2) is 30.3 Å². The summed E-state index contributed by atoms with van der Waals surface area (Å²) in [6, 6.07) is 9.31. The second kappa shape index (κ2) is 6.78. The summed E-state index contributed by atoms with van der Waals surface area (Å²) >= 11 is 0. The van der Waals surface area contributed by atoms with E-state index in [1.807, 2.05) is 30.3 Å². The van der Waals surface area contributed by atoms with E-state index in [4.69, 9.17) is 9.47 Å². The standard InChI is InChI=1S/C14H20N2O4/c1-19-14(20-2)12-9-15(10-13(12)16(17)18)8-11-6-4-3-5-7-11/h3-7,12-14H,8-10H2,1-2H3/t12-,13?/m1/s1. The number of benzene rings is 1. The van der Waals surface area contributed by atoms with Crippen molar-refractivity contribution in [2.45, 2.75) is 18.9 Å². The van der Waals surface area contributed by atoms with Gasteiger partial charge in [0.1, 0.15) is 0 Å². The normalized spacial score (nSPS) is 23.4. The van der Waals surface area contributed by atoms with Crippen molar-refractivity contribution < 1.29 is 14.4 Å². The van der Waals surface area contributed by atoms with Gasteiger partial charge in [0, 0.05) is 32.2 Å². The second-order valence-electron chi connectivity index (χ2n) is 5.04. The molecule has 2 rings (SSSR count). The van der Waals surface area contributed by atoms with Crippen molar-refractivity contribution in [2.75, 3.05) is 27.3 Å². The minimum Gasteiger partial charge on any atom is -0.355 e. The van der Waals surface area contributed by atoms with Crippen LogP contribution >= 0.6 is 0 Å². The minimum atomic E-state index is -0.649. The molecule has 0 amide bonds. The highest BCUT2D eigenvalue weighted by atomic mass is 16.7. The number of nitro groups is 1. The van der Waals surface area contributed by atoms with Crippen molar-refractivity contribution in [3.63, 3.8) is 0 Å². The molecule has 1 aromatic carbocycles. The van der Waals surface area contributed by atoms with E-state index in [-0.39, 0.29) is 10.8 Å². The summed E-state index contributed by atoms with van der Waals surface area (Å²) in [5.74, 6) is -0.247. The van der Waals surface area contributed by atoms with Gasteiger partial charge in [-0.05, 0) is 5.56 Å². The number of methoxy groups -OCH3 is 2. The van der Waals surface area contributed by atoms with E-state index in [1.165, 1.54) is 14.2 Å². The third kappa shape index (κ3) is 3.33. The van der Waals surface area contributed by atoms with Gasteiger partial charge in [0.25, 0.3) is 0 Å². The Bertz CT molecular complexity index is 436. The Morgan fingerprint density at radius 3 is 2.50 bits per heavy atom. The van der Waals surface area contributed by atoms with Gasteiger partial charge in [0.05, 0.1) is 12.5 Å². The molecule has 6 nitrogen and oxygen atoms in total. The van der Waals surface area contributed by atoms with Crippen molar-refractivity contribution in [1.82, 2.24) is 4.90 Å². The van der Waals surface area contributed by atoms with E-state index in [0.717, 1.165) is 5.56 Å². The molecule has 0 radical (unpaired) electrons. The van der Waals surface area contributed by atoms with Gasteiger partial charge in [0.2, 0.25) is 6.04 Å². The van der Waals surface area contributed by atoms with Crippen LogP contribution in [0.2, 0.25) is 0 Å². The van der Waals surface area contributed by atoms with Gasteiger partial charge < -0.3 is 9.47 Å². The zero-order chi connectivity index (χ0) is 14.5. The highest BCUT2D eigenvalue weighted by molar-refractivity contribution is 5.14. The maximum absolute atomic E-state index is 11.2. The zero-order valence-electron chi connectivity index (χ0n) is 11.8. The first-order valence-electron chi connectivity index (χ1n) is 6.61. The van der Waals surface area contributed by atoms with Crippen LogP contribution < -0.4 is 0 Å². The van der Waals surface area contributed by atoms with Gasteiger partial charge >= 0.3 is 0 Å². The summed E-state index contributed by atoms with van der Waals surface area (Å²) in [6.45, 7) is 1.74. The minimum absolute atomic E-state index is 0.222. The summed E-state index contributed by atoms with van der Waals surface area (Å²) in [6.07, 6.45) is -0.536. The van der Waals surface area contributed by atoms with Crippen LogP contribution in [-0.4, -0.2) is 49.5 Å². The van der Waals surface area contributed by atoms with Gasteiger partial charge in [0.15, 0.2) is 6.29 Å². The topological polar surface area (TPSA) is 64.8 Å². The van der Waals surface area contributed by atoms with Crippen molar-refractivity contribution >= 4 is 0 Å². The van der Waals surface area contributed by atoms with Crippen molar-refractivity contribution in [3.8, 4) is 0 Å². The highest BCUT2D eigenvalue weighted by Crippen LogP contribution is 2.26. The zero-order valence-corrected chi connectivity index (χ0v) is 11.8. The SMILES string of the molecule is COC(OC)[C@@H]1CN(Cc2ccccc2)CC1[N+](=O)[O-]. The van der Waals surface area contributed by atoms with Gasteiger partial charge in [-0.3, -0.25) is 15.0 Å². The van der Waals surface area contributed by atoms with E-state index in [9.17, 15) is 10.1 Å². The van der Waals surface area contributed by atoms with Crippen LogP contribution in [0, 0.1) is 16.0 Å². The Balaban J connectivity index is 2.06. The molecule has 20 heavy (non-hydrogen) atoms. The molecular weight excluding hydrogens is 260 g/mol. The lowest BCUT2D eigenvalue weighted by molar-refractivity contribution is -0.530. The summed E-state index contributed by atoms with van der Waals surface area (Å²) in [5, 5.41) is 11.2. The Morgan fingerprint density at radius 1 is 1.30 bits per heavy atom. The molecule has 110 valence electrons. The largest absolute Gasteiger partial charge is 0.355 e. The molecule has 1 aliphatic rings. The first-order valence-corrected chi connectivity index (χ1v) is 6.61. The van der Waals surface area contributed by atoms with Crippen LogP contribution in [0.4, 0.5) is 0 Å². The molecule has 0 N–H and O–H groups in total. The third-order valence-electron chi connectivity index (χ3n) is 3.74. The first kappa shape index (κ1) is 14.9. The predicted octanol–water partition coefficient (Wildman–Crippen LogP) is 1.38. The molecule has 1 unspecified atom stereocenters. The van der Waals surface area contributed by atoms with E-state index < -0.39 is 12.3 Å². The summed E-state index contributed by atoms with van der Waals surface area (Å²) in [7, 11) is 3.04. The molecule has 1 aromatic rings. The molecule has 1 heterocycles. The molecule has 1 saturated heterocycles. The predicted molar refractivity (Wildman–Crippen MR) is 73.8 cm³/mol. The highest BCUT2D eigenvalue weighted by Gasteiger charge is 2.45. The lowest BCUT2D eigenvalue weighted by atomic mass is 10.0. The number of nitrogens with zero attached hydrogens (tertiary/aromatic N) is 2. The van der Waals surface area contributed by atoms with Crippen LogP contribution in [0.5, 0.6) is 0 Å². The summed E-state index contributed by atoms with van der Waals surface area (Å²) in [5.41, 5.74) is 1.15. The number of likely N-dealkylation sites (tertiary alicyclic amines) is 1. The van der Waals surface area contributed by atoms with E-state index in [1.54, 1.807) is 0 Å². The molecule has 2 atom stereocenters.